The van der Waals surface area contributed by atoms with E-state index in [1.54, 1.807) is 84.4 Å². The zero-order valence-corrected chi connectivity index (χ0v) is 51.0. The summed E-state index contributed by atoms with van der Waals surface area (Å²) in [5.41, 5.74) is 14.0. The number of nitrogens with one attached hydrogen (secondary N) is 3. The molecule has 2 aromatic carbocycles. The van der Waals surface area contributed by atoms with Gasteiger partial charge in [0.1, 0.15) is 99.9 Å². The highest BCUT2D eigenvalue weighted by Gasteiger charge is 2.47. The average molecular weight is 1280 g/mol. The molecule has 0 spiro atoms. The smallest absolute Gasteiger partial charge is 0.308 e. The summed E-state index contributed by atoms with van der Waals surface area (Å²) in [5, 5.41) is 30.6. The second-order valence-electron chi connectivity index (χ2n) is 20.1. The van der Waals surface area contributed by atoms with Gasteiger partial charge in [0.15, 0.2) is 0 Å². The van der Waals surface area contributed by atoms with E-state index in [1.165, 1.54) is 57.6 Å². The second-order valence-corrected chi connectivity index (χ2v) is 25.7. The Morgan fingerprint density at radius 3 is 2.01 bits per heavy atom. The molecule has 2 aliphatic rings. The Labute approximate surface area is 518 Å². The van der Waals surface area contributed by atoms with E-state index < -0.39 is 96.1 Å². The zero-order chi connectivity index (χ0) is 61.4. The lowest BCUT2D eigenvalue weighted by Crippen LogP contribution is -2.50. The number of carbonyl (C=O) groups is 8. The van der Waals surface area contributed by atoms with Crippen LogP contribution in [0.3, 0.4) is 0 Å². The van der Waals surface area contributed by atoms with Crippen molar-refractivity contribution in [2.24, 2.45) is 17.4 Å². The highest BCUT2D eigenvalue weighted by atomic mass is 32.1. The maximum Gasteiger partial charge on any atom is 0.308 e. The fourth-order valence-corrected chi connectivity index (χ4v) is 15.2. The molecule has 0 radical (unpaired) electrons. The minimum Gasteiger partial charge on any atom is -0.460 e. The number of nitrogens with two attached hydrogens (primary N) is 2. The van der Waals surface area contributed by atoms with Crippen LogP contribution in [0.15, 0.2) is 93.6 Å². The molecule has 7 atom stereocenters. The third-order valence-electron chi connectivity index (χ3n) is 14.0. The Kier molecular flexibility index (Phi) is 17.3. The first-order valence-corrected chi connectivity index (χ1v) is 31.7. The van der Waals surface area contributed by atoms with Crippen molar-refractivity contribution in [3.63, 3.8) is 0 Å². The van der Waals surface area contributed by atoms with Crippen molar-refractivity contribution in [3.8, 4) is 49.1 Å². The van der Waals surface area contributed by atoms with Gasteiger partial charge in [0.2, 0.25) is 11.8 Å². The van der Waals surface area contributed by atoms with Crippen molar-refractivity contribution in [2.75, 3.05) is 6.54 Å². The van der Waals surface area contributed by atoms with Gasteiger partial charge in [-0.2, -0.15) is 0 Å². The molecule has 0 unspecified atom stereocenters. The van der Waals surface area contributed by atoms with Crippen LogP contribution in [0.5, 0.6) is 5.75 Å². The quantitative estimate of drug-likeness (QED) is 0.0583. The first-order chi connectivity index (χ1) is 41.7. The SMILES string of the molecule is CC(=O)Oc1ccc(C[C@@H]2NC(=O)c3csc(n3)[C@H]([C@H](O)c3ccccc3)NC(=O)c3nc(sc3C)[C@H](CC(N)=O)NC(=O)c3csc(n3)-c3ccc(-c4nc(C(N)=O)cs4)nc3-c3csc(n3)-c3csc(n3)[C@@H]3[C@@H](C)[C@@H](OC(C)=O)CN3C2=O)cc1. The van der Waals surface area contributed by atoms with Gasteiger partial charge >= 0.3 is 11.9 Å². The molecule has 0 saturated carbocycles. The summed E-state index contributed by atoms with van der Waals surface area (Å²) in [6, 6.07) is 13.8. The molecule has 2 aliphatic heterocycles. The minimum absolute atomic E-state index is 0.0326. The summed E-state index contributed by atoms with van der Waals surface area (Å²) in [5.74, 6) is -5.67. The maximum atomic E-state index is 15.5. The third kappa shape index (κ3) is 13.0. The van der Waals surface area contributed by atoms with Crippen molar-refractivity contribution in [2.45, 2.75) is 76.9 Å². The lowest BCUT2D eigenvalue weighted by Gasteiger charge is -2.29. The fraction of sp³-hybridized carbons (Fsp3) is 0.246. The predicted octanol–water partition coefficient (Wildman–Crippen LogP) is 7.18. The van der Waals surface area contributed by atoms with Crippen LogP contribution in [0.1, 0.15) is 124 Å². The number of fused-ring (bicyclic) bond motifs is 16. The minimum atomic E-state index is -1.43. The summed E-state index contributed by atoms with van der Waals surface area (Å²) in [4.78, 5) is 143. The monoisotopic (exact) mass is 1280 g/mol. The van der Waals surface area contributed by atoms with Gasteiger partial charge in [0.25, 0.3) is 23.6 Å². The molecular weight excluding hydrogens is 1240 g/mol. The van der Waals surface area contributed by atoms with Gasteiger partial charge in [0, 0.05) is 63.5 Å². The summed E-state index contributed by atoms with van der Waals surface area (Å²) in [7, 11) is 0. The summed E-state index contributed by atoms with van der Waals surface area (Å²) in [6.07, 6.45) is -2.72. The van der Waals surface area contributed by atoms with Gasteiger partial charge in [-0.15, -0.1) is 68.0 Å². The van der Waals surface area contributed by atoms with E-state index in [0.29, 0.717) is 64.4 Å². The number of rotatable bonds is 10. The molecule has 1 saturated heterocycles. The predicted molar refractivity (Wildman–Crippen MR) is 324 cm³/mol. The molecule has 8 N–H and O–H groups in total. The lowest BCUT2D eigenvalue weighted by atomic mass is 10.00. The van der Waals surface area contributed by atoms with Gasteiger partial charge in [-0.25, -0.2) is 34.9 Å². The van der Waals surface area contributed by atoms with Crippen LogP contribution in [0, 0.1) is 12.8 Å². The van der Waals surface area contributed by atoms with Crippen molar-refractivity contribution in [1.29, 1.82) is 0 Å². The average Bonchev–Trinajstić information content (AvgIpc) is 2.44. The Hall–Kier alpha value is -8.91. The second kappa shape index (κ2) is 25.2. The van der Waals surface area contributed by atoms with Crippen molar-refractivity contribution in [1.82, 2.24) is 55.7 Å². The normalized spacial score (nSPS) is 19.3. The Morgan fingerprint density at radius 1 is 0.655 bits per heavy atom. The highest BCUT2D eigenvalue weighted by Crippen LogP contribution is 2.44. The third-order valence-corrected chi connectivity index (χ3v) is 19.5. The van der Waals surface area contributed by atoms with E-state index in [2.05, 4.69) is 30.9 Å². The van der Waals surface area contributed by atoms with Crippen LogP contribution in [0.4, 0.5) is 0 Å². The standard InChI is InChI=1S/C57H49N13O11S6/c1-24-40(81-27(4)72)18-70-45(24)56-67-39(23-86-56)53-63-35(19-83-53)43-31(14-15-32(60-43)52-64-36(20-84-52)47(59)75)51-65-37(21-82-51)48(76)61-33(17-41(58)73)54-69-42(25(2)87-54)50(78)68-44(46(74)29-8-6-5-7-9-29)55-66-38(22-85-55)49(77)62-34(57(70)79)16-28-10-12-30(13-11-28)80-26(3)71/h5-15,19-24,33-34,40,44-46,74H,16-18H2,1-4H3,(H2,58,73)(H2,59,75)(H,61,76)(H,62,77)(H,68,78)/t24-,33-,34-,40-,44-,45-,46+/m0/s1. The molecule has 11 rings (SSSR count). The van der Waals surface area contributed by atoms with Crippen LogP contribution >= 0.6 is 68.0 Å². The molecule has 444 valence electrons. The van der Waals surface area contributed by atoms with Crippen LogP contribution in [0.2, 0.25) is 0 Å². The number of amides is 6. The number of aryl methyl sites for hydroxylation is 1. The summed E-state index contributed by atoms with van der Waals surface area (Å²) in [6.45, 7) is 5.93. The number of aliphatic hydroxyl groups excluding tert-OH is 1. The van der Waals surface area contributed by atoms with E-state index in [-0.39, 0.29) is 51.5 Å². The molecule has 1 fully saturated rings. The van der Waals surface area contributed by atoms with Gasteiger partial charge < -0.3 is 46.9 Å². The molecule has 7 aromatic heterocycles. The topological polar surface area (TPSA) is 357 Å². The number of hydrogen-bond donors (Lipinski definition) is 6. The Balaban J connectivity index is 1.03. The van der Waals surface area contributed by atoms with Crippen molar-refractivity contribution < 1.29 is 52.9 Å². The van der Waals surface area contributed by atoms with E-state index in [0.717, 1.165) is 45.3 Å². The number of thiazole rings is 6. The highest BCUT2D eigenvalue weighted by molar-refractivity contribution is 7.15. The molecular formula is C57H49N13O11S6. The fourth-order valence-electron chi connectivity index (χ4n) is 9.88. The number of aliphatic hydroxyl groups is 1. The van der Waals surface area contributed by atoms with Crippen molar-refractivity contribution >= 4 is 115 Å². The summed E-state index contributed by atoms with van der Waals surface area (Å²) < 4.78 is 11.1. The maximum absolute atomic E-state index is 15.5. The molecule has 87 heavy (non-hydrogen) atoms. The van der Waals surface area contributed by atoms with Gasteiger partial charge in [-0.3, -0.25) is 38.4 Å². The van der Waals surface area contributed by atoms with Gasteiger partial charge in [0.05, 0.1) is 30.7 Å². The van der Waals surface area contributed by atoms with Crippen LogP contribution < -0.4 is 32.2 Å². The first-order valence-electron chi connectivity index (χ1n) is 26.5. The number of ether oxygens (including phenoxy) is 2. The largest absolute Gasteiger partial charge is 0.460 e. The van der Waals surface area contributed by atoms with Crippen molar-refractivity contribution in [3.05, 3.63) is 147 Å². The Bertz CT molecular complexity index is 4160. The number of benzene rings is 2. The molecule has 6 amide bonds. The number of carbonyl (C=O) groups excluding carboxylic acids is 8. The molecule has 24 nitrogen and oxygen atoms in total. The molecule has 9 aromatic rings. The molecule has 0 aliphatic carbocycles. The number of hydrogen-bond acceptors (Lipinski definition) is 24. The molecule has 9 heterocycles. The summed E-state index contributed by atoms with van der Waals surface area (Å²) >= 11 is 6.80. The van der Waals surface area contributed by atoms with E-state index in [4.69, 9.17) is 40.9 Å². The van der Waals surface area contributed by atoms with Crippen LogP contribution in [-0.2, 0) is 30.3 Å². The number of aromatic nitrogens is 7. The Morgan fingerprint density at radius 2 is 1.30 bits per heavy atom. The molecule has 10 bridgehead atoms. The van der Waals surface area contributed by atoms with Gasteiger partial charge in [-0.05, 0) is 42.3 Å². The van der Waals surface area contributed by atoms with Crippen LogP contribution in [-0.4, -0.2) is 111 Å². The number of pyridine rings is 1. The number of esters is 2. The van der Waals surface area contributed by atoms with E-state index >= 15 is 4.79 Å². The van der Waals surface area contributed by atoms with E-state index in [1.807, 2.05) is 6.92 Å². The van der Waals surface area contributed by atoms with Crippen LogP contribution in [0.25, 0.3) is 43.4 Å². The van der Waals surface area contributed by atoms with E-state index in [9.17, 15) is 38.7 Å². The molecule has 30 heteroatoms. The zero-order valence-electron chi connectivity index (χ0n) is 46.1. The lowest BCUT2D eigenvalue weighted by molar-refractivity contribution is -0.148. The number of nitrogens with zero attached hydrogens (tertiary/aromatic N) is 8. The first kappa shape index (κ1) is 59.8. The van der Waals surface area contributed by atoms with Gasteiger partial charge in [-0.1, -0.05) is 49.4 Å². The number of primary amides is 2.